The lowest BCUT2D eigenvalue weighted by Gasteiger charge is -2.27. The Hall–Kier alpha value is -1.81. The molecular formula is C17H23N3O5S. The molecule has 142 valence electrons. The van der Waals surface area contributed by atoms with Crippen molar-refractivity contribution in [3.05, 3.63) is 29.8 Å². The van der Waals surface area contributed by atoms with E-state index in [9.17, 15) is 18.4 Å². The van der Waals surface area contributed by atoms with Crippen molar-refractivity contribution in [3.63, 3.8) is 0 Å². The highest BCUT2D eigenvalue weighted by molar-refractivity contribution is 7.90. The van der Waals surface area contributed by atoms with Crippen LogP contribution in [0.3, 0.4) is 0 Å². The summed E-state index contributed by atoms with van der Waals surface area (Å²) < 4.78 is 28.6. The number of ether oxygens (including phenoxy) is 1. The SMILES string of the molecule is CC1(NO)C(=O)N(CC2CCOCC2)N=C1c1ccc(S(C)(=O)=O)cc1. The second kappa shape index (κ2) is 7.07. The smallest absolute Gasteiger partial charge is 0.271 e. The van der Waals surface area contributed by atoms with Crippen molar-refractivity contribution in [1.29, 1.82) is 0 Å². The van der Waals surface area contributed by atoms with E-state index in [-0.39, 0.29) is 10.8 Å². The quantitative estimate of drug-likeness (QED) is 0.731. The van der Waals surface area contributed by atoms with Crippen LogP contribution in [0.25, 0.3) is 0 Å². The van der Waals surface area contributed by atoms with Crippen molar-refractivity contribution >= 4 is 21.5 Å². The summed E-state index contributed by atoms with van der Waals surface area (Å²) in [6.45, 7) is 3.37. The van der Waals surface area contributed by atoms with Crippen LogP contribution < -0.4 is 5.48 Å². The number of hydrazone groups is 1. The highest BCUT2D eigenvalue weighted by Crippen LogP contribution is 2.27. The largest absolute Gasteiger partial charge is 0.381 e. The van der Waals surface area contributed by atoms with Gasteiger partial charge in [-0.25, -0.2) is 13.4 Å². The van der Waals surface area contributed by atoms with Gasteiger partial charge in [-0.2, -0.15) is 10.6 Å². The number of carbonyl (C=O) groups excluding carboxylic acids is 1. The minimum Gasteiger partial charge on any atom is -0.381 e. The Labute approximate surface area is 152 Å². The molecule has 2 heterocycles. The fraction of sp³-hybridized carbons (Fsp3) is 0.529. The summed E-state index contributed by atoms with van der Waals surface area (Å²) in [6.07, 6.45) is 2.86. The molecule has 0 radical (unpaired) electrons. The van der Waals surface area contributed by atoms with Crippen LogP contribution >= 0.6 is 0 Å². The molecule has 1 saturated heterocycles. The van der Waals surface area contributed by atoms with Gasteiger partial charge in [0.2, 0.25) is 0 Å². The number of hydrogen-bond donors (Lipinski definition) is 2. The second-order valence-corrected chi connectivity index (χ2v) is 8.94. The van der Waals surface area contributed by atoms with Gasteiger partial charge in [-0.15, -0.1) is 0 Å². The molecule has 1 atom stereocenters. The Morgan fingerprint density at radius 3 is 2.46 bits per heavy atom. The van der Waals surface area contributed by atoms with E-state index in [1.807, 2.05) is 0 Å². The van der Waals surface area contributed by atoms with E-state index < -0.39 is 15.4 Å². The zero-order valence-corrected chi connectivity index (χ0v) is 15.6. The number of rotatable bonds is 5. The number of amides is 1. The summed E-state index contributed by atoms with van der Waals surface area (Å²) in [7, 11) is -3.31. The van der Waals surface area contributed by atoms with Crippen LogP contribution in [0.4, 0.5) is 0 Å². The molecule has 1 aromatic carbocycles. The molecule has 1 unspecified atom stereocenters. The van der Waals surface area contributed by atoms with Crippen molar-refractivity contribution in [3.8, 4) is 0 Å². The molecule has 2 aliphatic rings. The second-order valence-electron chi connectivity index (χ2n) is 6.92. The van der Waals surface area contributed by atoms with Gasteiger partial charge in [0.15, 0.2) is 15.4 Å². The number of nitrogens with zero attached hydrogens (tertiary/aromatic N) is 2. The van der Waals surface area contributed by atoms with Gasteiger partial charge in [0.1, 0.15) is 0 Å². The van der Waals surface area contributed by atoms with Gasteiger partial charge in [-0.1, -0.05) is 12.1 Å². The van der Waals surface area contributed by atoms with Crippen molar-refractivity contribution in [2.75, 3.05) is 26.0 Å². The Balaban J connectivity index is 1.89. The predicted octanol–water partition coefficient (Wildman–Crippen LogP) is 0.801. The van der Waals surface area contributed by atoms with Crippen molar-refractivity contribution in [2.24, 2.45) is 11.0 Å². The van der Waals surface area contributed by atoms with E-state index in [2.05, 4.69) is 10.6 Å². The topological polar surface area (TPSA) is 108 Å². The monoisotopic (exact) mass is 381 g/mol. The molecule has 1 fully saturated rings. The first-order valence-corrected chi connectivity index (χ1v) is 10.4. The molecular weight excluding hydrogens is 358 g/mol. The first-order valence-electron chi connectivity index (χ1n) is 8.46. The Morgan fingerprint density at radius 2 is 1.92 bits per heavy atom. The molecule has 0 aromatic heterocycles. The molecule has 0 saturated carbocycles. The van der Waals surface area contributed by atoms with Gasteiger partial charge in [-0.3, -0.25) is 4.79 Å². The molecule has 26 heavy (non-hydrogen) atoms. The van der Waals surface area contributed by atoms with E-state index in [1.54, 1.807) is 19.1 Å². The summed E-state index contributed by atoms with van der Waals surface area (Å²) in [5.74, 6) is -0.0416. The van der Waals surface area contributed by atoms with E-state index in [0.717, 1.165) is 19.1 Å². The zero-order valence-electron chi connectivity index (χ0n) is 14.8. The summed E-state index contributed by atoms with van der Waals surface area (Å²) in [6, 6.07) is 6.12. The number of nitrogens with one attached hydrogen (secondary N) is 1. The number of carbonyl (C=O) groups is 1. The van der Waals surface area contributed by atoms with Crippen LogP contribution in [-0.4, -0.2) is 61.8 Å². The summed E-state index contributed by atoms with van der Waals surface area (Å²) in [4.78, 5) is 13.0. The lowest BCUT2D eigenvalue weighted by molar-refractivity contribution is -0.137. The highest BCUT2D eigenvalue weighted by Gasteiger charge is 2.48. The van der Waals surface area contributed by atoms with E-state index in [4.69, 9.17) is 4.74 Å². The van der Waals surface area contributed by atoms with Crippen LogP contribution in [0, 0.1) is 5.92 Å². The van der Waals surface area contributed by atoms with Crippen molar-refractivity contribution in [2.45, 2.75) is 30.2 Å². The van der Waals surface area contributed by atoms with Gasteiger partial charge >= 0.3 is 0 Å². The van der Waals surface area contributed by atoms with Crippen LogP contribution in [0.1, 0.15) is 25.3 Å². The average molecular weight is 381 g/mol. The lowest BCUT2D eigenvalue weighted by atomic mass is 9.91. The summed E-state index contributed by atoms with van der Waals surface area (Å²) in [5.41, 5.74) is 1.64. The van der Waals surface area contributed by atoms with Gasteiger partial charge in [0.05, 0.1) is 10.6 Å². The number of hydrogen-bond acceptors (Lipinski definition) is 7. The lowest BCUT2D eigenvalue weighted by Crippen LogP contribution is -2.54. The number of benzene rings is 1. The third-order valence-corrected chi connectivity index (χ3v) is 6.04. The number of hydroxylamine groups is 1. The number of sulfone groups is 1. The van der Waals surface area contributed by atoms with E-state index >= 15 is 0 Å². The average Bonchev–Trinajstić information content (AvgIpc) is 2.87. The summed E-state index contributed by atoms with van der Waals surface area (Å²) in [5, 5.41) is 15.5. The van der Waals surface area contributed by atoms with Crippen LogP contribution in [-0.2, 0) is 19.4 Å². The standard InChI is InChI=1S/C17H23N3O5S/c1-17(19-22)15(13-3-5-14(6-4-13)26(2,23)24)18-20(16(17)21)11-12-7-9-25-10-8-12/h3-6,12,19,22H,7-11H2,1-2H3. The minimum absolute atomic E-state index is 0.184. The molecule has 0 spiro atoms. The Morgan fingerprint density at radius 1 is 1.31 bits per heavy atom. The van der Waals surface area contributed by atoms with Crippen LogP contribution in [0.5, 0.6) is 0 Å². The van der Waals surface area contributed by atoms with Gasteiger partial charge in [0, 0.05) is 31.6 Å². The minimum atomic E-state index is -3.31. The summed E-state index contributed by atoms with van der Waals surface area (Å²) >= 11 is 0. The third kappa shape index (κ3) is 3.52. The van der Waals surface area contributed by atoms with Crippen LogP contribution in [0.2, 0.25) is 0 Å². The molecule has 0 aliphatic carbocycles. The van der Waals surface area contributed by atoms with Crippen molar-refractivity contribution < 1.29 is 23.2 Å². The first kappa shape index (κ1) is 19.0. The maximum absolute atomic E-state index is 12.8. The Kier molecular flexibility index (Phi) is 5.16. The fourth-order valence-electron chi connectivity index (χ4n) is 3.23. The van der Waals surface area contributed by atoms with Gasteiger partial charge in [0.25, 0.3) is 5.91 Å². The molecule has 2 N–H and O–H groups in total. The zero-order chi connectivity index (χ0) is 18.9. The van der Waals surface area contributed by atoms with E-state index in [1.165, 1.54) is 17.1 Å². The van der Waals surface area contributed by atoms with Gasteiger partial charge in [-0.05, 0) is 37.8 Å². The molecule has 1 aromatic rings. The highest BCUT2D eigenvalue weighted by atomic mass is 32.2. The first-order chi connectivity index (χ1) is 12.3. The molecule has 1 amide bonds. The Bertz CT molecular complexity index is 815. The van der Waals surface area contributed by atoms with E-state index in [0.29, 0.717) is 37.0 Å². The van der Waals surface area contributed by atoms with Crippen molar-refractivity contribution in [1.82, 2.24) is 10.5 Å². The fourth-order valence-corrected chi connectivity index (χ4v) is 3.86. The maximum atomic E-state index is 12.8. The van der Waals surface area contributed by atoms with Crippen LogP contribution in [0.15, 0.2) is 34.3 Å². The molecule has 0 bridgehead atoms. The molecule has 8 nitrogen and oxygen atoms in total. The normalized spacial score (nSPS) is 24.8. The predicted molar refractivity (Wildman–Crippen MR) is 94.7 cm³/mol. The molecule has 9 heteroatoms. The molecule has 2 aliphatic heterocycles. The molecule has 3 rings (SSSR count). The van der Waals surface area contributed by atoms with Gasteiger partial charge < -0.3 is 9.94 Å². The third-order valence-electron chi connectivity index (χ3n) is 4.91. The maximum Gasteiger partial charge on any atom is 0.271 e.